The smallest absolute Gasteiger partial charge is 0.223 e. The van der Waals surface area contributed by atoms with Crippen molar-refractivity contribution >= 4 is 29.1 Å². The Bertz CT molecular complexity index is 666. The third-order valence-electron chi connectivity index (χ3n) is 4.57. The number of nitrogens with two attached hydrogens (primary N) is 1. The van der Waals surface area contributed by atoms with Gasteiger partial charge in [-0.2, -0.15) is 0 Å². The van der Waals surface area contributed by atoms with Gasteiger partial charge in [-0.1, -0.05) is 42.5 Å². The van der Waals surface area contributed by atoms with Crippen LogP contribution in [-0.2, 0) is 4.79 Å². The molecule has 0 saturated carbocycles. The summed E-state index contributed by atoms with van der Waals surface area (Å²) in [4.78, 5) is 14.6. The van der Waals surface area contributed by atoms with Crippen molar-refractivity contribution in [2.75, 3.05) is 6.54 Å². The van der Waals surface area contributed by atoms with Gasteiger partial charge >= 0.3 is 0 Å². The minimum atomic E-state index is 0. The summed E-state index contributed by atoms with van der Waals surface area (Å²) in [5.41, 5.74) is 7.07. The van der Waals surface area contributed by atoms with Gasteiger partial charge in [-0.3, -0.25) is 4.79 Å². The Kier molecular flexibility index (Phi) is 6.03. The zero-order valence-corrected chi connectivity index (χ0v) is 14.4. The lowest BCUT2D eigenvalue weighted by Crippen LogP contribution is -2.31. The Labute approximate surface area is 144 Å². The van der Waals surface area contributed by atoms with E-state index in [-0.39, 0.29) is 30.4 Å². The summed E-state index contributed by atoms with van der Waals surface area (Å²) in [5, 5.41) is 2.51. The first-order chi connectivity index (χ1) is 10.7. The highest BCUT2D eigenvalue weighted by atomic mass is 35.5. The Balaban J connectivity index is 0.00000192. The van der Waals surface area contributed by atoms with E-state index in [4.69, 9.17) is 5.73 Å². The van der Waals surface area contributed by atoms with Gasteiger partial charge in [0.25, 0.3) is 0 Å². The van der Waals surface area contributed by atoms with Crippen molar-refractivity contribution in [3.63, 3.8) is 0 Å². The van der Waals surface area contributed by atoms with E-state index in [0.29, 0.717) is 6.42 Å². The lowest BCUT2D eigenvalue weighted by molar-refractivity contribution is -0.132. The topological polar surface area (TPSA) is 46.3 Å². The highest BCUT2D eigenvalue weighted by Gasteiger charge is 2.30. The summed E-state index contributed by atoms with van der Waals surface area (Å²) < 4.78 is 0. The van der Waals surface area contributed by atoms with Crippen molar-refractivity contribution in [3.8, 4) is 0 Å². The first kappa shape index (κ1) is 17.8. The molecule has 1 fully saturated rings. The van der Waals surface area contributed by atoms with Gasteiger partial charge < -0.3 is 10.6 Å². The Hall–Kier alpha value is -1.58. The number of halogens is 1. The third kappa shape index (κ3) is 3.85. The molecule has 0 radical (unpaired) electrons. The molecule has 4 heteroatoms. The molecule has 0 spiro atoms. The SMILES string of the molecule is CC(N)CCC(=O)N1CCCC1c1cccc2ccccc12.Cl. The highest BCUT2D eigenvalue weighted by Crippen LogP contribution is 2.36. The van der Waals surface area contributed by atoms with Crippen LogP contribution in [0.1, 0.15) is 44.2 Å². The van der Waals surface area contributed by atoms with E-state index in [1.54, 1.807) is 0 Å². The molecule has 2 atom stereocenters. The minimum Gasteiger partial charge on any atom is -0.336 e. The molecule has 0 aromatic heterocycles. The van der Waals surface area contributed by atoms with E-state index in [9.17, 15) is 4.79 Å². The largest absolute Gasteiger partial charge is 0.336 e. The molecule has 23 heavy (non-hydrogen) atoms. The average molecular weight is 333 g/mol. The van der Waals surface area contributed by atoms with Crippen LogP contribution in [-0.4, -0.2) is 23.4 Å². The monoisotopic (exact) mass is 332 g/mol. The molecular weight excluding hydrogens is 308 g/mol. The van der Waals surface area contributed by atoms with Gasteiger partial charge in [0.05, 0.1) is 6.04 Å². The van der Waals surface area contributed by atoms with Gasteiger partial charge in [0.1, 0.15) is 0 Å². The molecule has 0 aliphatic carbocycles. The van der Waals surface area contributed by atoms with Gasteiger partial charge in [-0.05, 0) is 42.5 Å². The number of rotatable bonds is 4. The number of nitrogens with zero attached hydrogens (tertiary/aromatic N) is 1. The van der Waals surface area contributed by atoms with Crippen LogP contribution >= 0.6 is 12.4 Å². The van der Waals surface area contributed by atoms with Crippen molar-refractivity contribution < 1.29 is 4.79 Å². The van der Waals surface area contributed by atoms with Gasteiger partial charge in [-0.15, -0.1) is 12.4 Å². The second kappa shape index (κ2) is 7.80. The van der Waals surface area contributed by atoms with E-state index in [2.05, 4.69) is 47.4 Å². The van der Waals surface area contributed by atoms with Crippen LogP contribution in [0.25, 0.3) is 10.8 Å². The fourth-order valence-corrected chi connectivity index (χ4v) is 3.42. The minimum absolute atomic E-state index is 0. The maximum absolute atomic E-state index is 12.5. The zero-order valence-electron chi connectivity index (χ0n) is 13.6. The molecule has 1 amide bonds. The van der Waals surface area contributed by atoms with Crippen LogP contribution in [0.4, 0.5) is 0 Å². The number of benzene rings is 2. The molecule has 3 rings (SSSR count). The van der Waals surface area contributed by atoms with Crippen LogP contribution < -0.4 is 5.73 Å². The molecule has 3 nitrogen and oxygen atoms in total. The molecule has 2 unspecified atom stereocenters. The second-order valence-corrected chi connectivity index (χ2v) is 6.33. The number of hydrogen-bond donors (Lipinski definition) is 1. The lowest BCUT2D eigenvalue weighted by Gasteiger charge is -2.26. The number of hydrogen-bond acceptors (Lipinski definition) is 2. The van der Waals surface area contributed by atoms with Crippen LogP contribution in [0, 0.1) is 0 Å². The Morgan fingerprint density at radius 1 is 1.26 bits per heavy atom. The van der Waals surface area contributed by atoms with Crippen molar-refractivity contribution in [1.29, 1.82) is 0 Å². The maximum Gasteiger partial charge on any atom is 0.223 e. The molecular formula is C19H25ClN2O. The van der Waals surface area contributed by atoms with Crippen LogP contribution in [0.3, 0.4) is 0 Å². The van der Waals surface area contributed by atoms with E-state index in [1.807, 2.05) is 6.92 Å². The predicted molar refractivity (Wildman–Crippen MR) is 97.8 cm³/mol. The van der Waals surface area contributed by atoms with Gasteiger partial charge in [0.2, 0.25) is 5.91 Å². The van der Waals surface area contributed by atoms with Gasteiger partial charge in [0, 0.05) is 19.0 Å². The Morgan fingerprint density at radius 2 is 2.00 bits per heavy atom. The maximum atomic E-state index is 12.5. The van der Waals surface area contributed by atoms with Crippen molar-refractivity contribution in [1.82, 2.24) is 4.90 Å². The number of fused-ring (bicyclic) bond motifs is 1. The quantitative estimate of drug-likeness (QED) is 0.918. The number of carbonyl (C=O) groups excluding carboxylic acids is 1. The van der Waals surface area contributed by atoms with Crippen molar-refractivity contribution in [2.24, 2.45) is 5.73 Å². The van der Waals surface area contributed by atoms with Crippen LogP contribution in [0.2, 0.25) is 0 Å². The van der Waals surface area contributed by atoms with E-state index < -0.39 is 0 Å². The predicted octanol–water partition coefficient (Wildman–Crippen LogP) is 4.05. The summed E-state index contributed by atoms with van der Waals surface area (Å²) in [7, 11) is 0. The summed E-state index contributed by atoms with van der Waals surface area (Å²) >= 11 is 0. The lowest BCUT2D eigenvalue weighted by atomic mass is 9.97. The molecule has 2 aromatic rings. The summed E-state index contributed by atoms with van der Waals surface area (Å²) in [5.74, 6) is 0.243. The fourth-order valence-electron chi connectivity index (χ4n) is 3.42. The molecule has 1 heterocycles. The molecule has 124 valence electrons. The summed E-state index contributed by atoms with van der Waals surface area (Å²) in [6.07, 6.45) is 3.45. The standard InChI is InChI=1S/C19H24N2O.ClH/c1-14(20)11-12-19(22)21-13-5-10-18(21)17-9-4-7-15-6-2-3-8-16(15)17;/h2-4,6-9,14,18H,5,10-13,20H2,1H3;1H. The molecule has 2 aromatic carbocycles. The van der Waals surface area contributed by atoms with Gasteiger partial charge in [-0.25, -0.2) is 0 Å². The molecule has 1 aliphatic rings. The Morgan fingerprint density at radius 3 is 2.78 bits per heavy atom. The molecule has 1 saturated heterocycles. The summed E-state index contributed by atoms with van der Waals surface area (Å²) in [6.45, 7) is 2.82. The normalized spacial score (nSPS) is 18.7. The third-order valence-corrected chi connectivity index (χ3v) is 4.57. The van der Waals surface area contributed by atoms with E-state index >= 15 is 0 Å². The second-order valence-electron chi connectivity index (χ2n) is 6.33. The van der Waals surface area contributed by atoms with Crippen LogP contribution in [0.15, 0.2) is 42.5 Å². The molecule has 2 N–H and O–H groups in total. The van der Waals surface area contributed by atoms with Gasteiger partial charge in [0.15, 0.2) is 0 Å². The van der Waals surface area contributed by atoms with Crippen molar-refractivity contribution in [3.05, 3.63) is 48.0 Å². The first-order valence-corrected chi connectivity index (χ1v) is 8.19. The number of amides is 1. The fraction of sp³-hybridized carbons (Fsp3) is 0.421. The van der Waals surface area contributed by atoms with Crippen molar-refractivity contribution in [2.45, 2.75) is 44.7 Å². The first-order valence-electron chi connectivity index (χ1n) is 8.19. The van der Waals surface area contributed by atoms with E-state index in [0.717, 1.165) is 25.8 Å². The summed E-state index contributed by atoms with van der Waals surface area (Å²) in [6, 6.07) is 15.1. The highest BCUT2D eigenvalue weighted by molar-refractivity contribution is 5.87. The molecule has 0 bridgehead atoms. The number of likely N-dealkylation sites (tertiary alicyclic amines) is 1. The van der Waals surface area contributed by atoms with E-state index in [1.165, 1.54) is 16.3 Å². The number of carbonyl (C=O) groups is 1. The average Bonchev–Trinajstić information content (AvgIpc) is 3.01. The zero-order chi connectivity index (χ0) is 15.5. The molecule has 1 aliphatic heterocycles. The van der Waals surface area contributed by atoms with Crippen LogP contribution in [0.5, 0.6) is 0 Å².